The predicted molar refractivity (Wildman–Crippen MR) is 125 cm³/mol. The standard InChI is InChI=1S/C27H34N2O3/c30-25(11-8-20-16-21-6-2-3-7-22(21)17-20)12-13-26(31)23-9-10-24(28-19-23)18-27(32)29-14-4-1-5-15-29/h2-3,6-7,9-10,19-20,25,30H,1,4-5,8,11-18H2/t25-/m0/s1. The molecule has 0 saturated carbocycles. The van der Waals surface area contributed by atoms with E-state index in [1.54, 1.807) is 18.3 Å². The van der Waals surface area contributed by atoms with Gasteiger partial charge in [-0.15, -0.1) is 0 Å². The topological polar surface area (TPSA) is 70.5 Å². The first-order valence-corrected chi connectivity index (χ1v) is 12.1. The van der Waals surface area contributed by atoms with Gasteiger partial charge in [-0.3, -0.25) is 14.6 Å². The highest BCUT2D eigenvalue weighted by atomic mass is 16.3. The molecule has 2 aromatic rings. The van der Waals surface area contributed by atoms with E-state index in [1.165, 1.54) is 17.5 Å². The molecule has 0 unspecified atom stereocenters. The Hall–Kier alpha value is -2.53. The summed E-state index contributed by atoms with van der Waals surface area (Å²) in [6, 6.07) is 12.1. The number of fused-ring (bicyclic) bond motifs is 1. The number of ketones is 1. The van der Waals surface area contributed by atoms with Crippen LogP contribution in [0.5, 0.6) is 0 Å². The molecule has 5 nitrogen and oxygen atoms in total. The fraction of sp³-hybridized carbons (Fsp3) is 0.519. The van der Waals surface area contributed by atoms with Crippen molar-refractivity contribution in [2.45, 2.75) is 70.3 Å². The highest BCUT2D eigenvalue weighted by Gasteiger charge is 2.22. The molecular weight excluding hydrogens is 400 g/mol. The Morgan fingerprint density at radius 1 is 1.00 bits per heavy atom. The maximum absolute atomic E-state index is 12.5. The third-order valence-corrected chi connectivity index (χ3v) is 6.94. The van der Waals surface area contributed by atoms with Crippen molar-refractivity contribution in [1.82, 2.24) is 9.88 Å². The summed E-state index contributed by atoms with van der Waals surface area (Å²) in [6.07, 6.45) is 9.49. The van der Waals surface area contributed by atoms with E-state index in [-0.39, 0.29) is 18.1 Å². The van der Waals surface area contributed by atoms with Gasteiger partial charge >= 0.3 is 0 Å². The second-order valence-electron chi connectivity index (χ2n) is 9.39. The van der Waals surface area contributed by atoms with Crippen LogP contribution in [0.3, 0.4) is 0 Å². The monoisotopic (exact) mass is 434 g/mol. The smallest absolute Gasteiger partial charge is 0.228 e. The van der Waals surface area contributed by atoms with Gasteiger partial charge in [0.05, 0.1) is 12.5 Å². The molecule has 0 spiro atoms. The average molecular weight is 435 g/mol. The summed E-state index contributed by atoms with van der Waals surface area (Å²) >= 11 is 0. The third-order valence-electron chi connectivity index (χ3n) is 6.94. The molecule has 1 amide bonds. The normalized spacial score (nSPS) is 17.2. The number of likely N-dealkylation sites (tertiary alicyclic amines) is 1. The van der Waals surface area contributed by atoms with Crippen molar-refractivity contribution in [3.63, 3.8) is 0 Å². The number of Topliss-reactive ketones (excluding diaryl/α,β-unsaturated/α-hetero) is 1. The Morgan fingerprint density at radius 3 is 2.38 bits per heavy atom. The molecule has 0 radical (unpaired) electrons. The van der Waals surface area contributed by atoms with Crippen molar-refractivity contribution in [1.29, 1.82) is 0 Å². The van der Waals surface area contributed by atoms with Crippen LogP contribution in [-0.4, -0.2) is 45.9 Å². The number of carbonyl (C=O) groups excluding carboxylic acids is 2. The van der Waals surface area contributed by atoms with Crippen molar-refractivity contribution in [2.75, 3.05) is 13.1 Å². The van der Waals surface area contributed by atoms with Gasteiger partial charge in [-0.1, -0.05) is 24.3 Å². The minimum absolute atomic E-state index is 0.00118. The van der Waals surface area contributed by atoms with Crippen LogP contribution in [0.1, 0.15) is 72.1 Å². The molecule has 0 bridgehead atoms. The molecular formula is C27H34N2O3. The SMILES string of the molecule is O=C(CC[C@@H](O)CCC1Cc2ccccc2C1)c1ccc(CC(=O)N2CCCCC2)nc1. The number of aromatic nitrogens is 1. The molecule has 2 aliphatic rings. The van der Waals surface area contributed by atoms with Crippen molar-refractivity contribution >= 4 is 11.7 Å². The van der Waals surface area contributed by atoms with Gasteiger partial charge in [-0.05, 0) is 80.5 Å². The van der Waals surface area contributed by atoms with Crippen LogP contribution >= 0.6 is 0 Å². The molecule has 1 atom stereocenters. The molecule has 1 aromatic carbocycles. The van der Waals surface area contributed by atoms with E-state index in [1.807, 2.05) is 4.90 Å². The molecule has 1 saturated heterocycles. The third kappa shape index (κ3) is 6.04. The first-order valence-electron chi connectivity index (χ1n) is 12.1. The van der Waals surface area contributed by atoms with E-state index in [0.29, 0.717) is 30.0 Å². The number of hydrogen-bond acceptors (Lipinski definition) is 4. The Bertz CT molecular complexity index is 894. The van der Waals surface area contributed by atoms with E-state index < -0.39 is 6.10 Å². The number of rotatable bonds is 9. The molecule has 5 heteroatoms. The Morgan fingerprint density at radius 2 is 1.72 bits per heavy atom. The maximum atomic E-state index is 12.5. The fourth-order valence-corrected chi connectivity index (χ4v) is 4.97. The zero-order valence-electron chi connectivity index (χ0n) is 18.8. The molecule has 4 rings (SSSR count). The first kappa shape index (κ1) is 22.7. The molecule has 1 N–H and O–H groups in total. The van der Waals surface area contributed by atoms with Crippen LogP contribution in [0.25, 0.3) is 0 Å². The minimum Gasteiger partial charge on any atom is -0.393 e. The summed E-state index contributed by atoms with van der Waals surface area (Å²) in [7, 11) is 0. The van der Waals surface area contributed by atoms with E-state index in [2.05, 4.69) is 29.2 Å². The van der Waals surface area contributed by atoms with Crippen molar-refractivity contribution in [3.05, 3.63) is 65.0 Å². The number of aliphatic hydroxyl groups excluding tert-OH is 1. The van der Waals surface area contributed by atoms with Gasteiger partial charge in [0, 0.05) is 37.0 Å². The summed E-state index contributed by atoms with van der Waals surface area (Å²) in [5, 5.41) is 10.4. The number of piperidine rings is 1. The van der Waals surface area contributed by atoms with Crippen LogP contribution in [0.2, 0.25) is 0 Å². The van der Waals surface area contributed by atoms with Crippen molar-refractivity contribution in [3.8, 4) is 0 Å². The molecule has 1 aliphatic carbocycles. The molecule has 1 fully saturated rings. The molecule has 170 valence electrons. The second-order valence-corrected chi connectivity index (χ2v) is 9.39. The van der Waals surface area contributed by atoms with Crippen LogP contribution in [0, 0.1) is 5.92 Å². The zero-order chi connectivity index (χ0) is 22.3. The number of hydrogen-bond donors (Lipinski definition) is 1. The molecule has 1 aliphatic heterocycles. The number of aliphatic hydroxyl groups is 1. The molecule has 1 aromatic heterocycles. The predicted octanol–water partition coefficient (Wildman–Crippen LogP) is 4.16. The number of nitrogens with zero attached hydrogens (tertiary/aromatic N) is 2. The van der Waals surface area contributed by atoms with Gasteiger partial charge in [-0.2, -0.15) is 0 Å². The number of pyridine rings is 1. The molecule has 2 heterocycles. The van der Waals surface area contributed by atoms with Crippen molar-refractivity contribution < 1.29 is 14.7 Å². The van der Waals surface area contributed by atoms with Crippen LogP contribution < -0.4 is 0 Å². The van der Waals surface area contributed by atoms with E-state index in [9.17, 15) is 14.7 Å². The minimum atomic E-state index is -0.447. The van der Waals surface area contributed by atoms with Crippen molar-refractivity contribution in [2.24, 2.45) is 5.92 Å². The van der Waals surface area contributed by atoms with Gasteiger partial charge in [0.25, 0.3) is 0 Å². The van der Waals surface area contributed by atoms with Crippen LogP contribution in [0.4, 0.5) is 0 Å². The number of amides is 1. The average Bonchev–Trinajstić information content (AvgIpc) is 3.25. The largest absolute Gasteiger partial charge is 0.393 e. The number of carbonyl (C=O) groups is 2. The lowest BCUT2D eigenvalue weighted by Crippen LogP contribution is -2.36. The fourth-order valence-electron chi connectivity index (χ4n) is 4.97. The van der Waals surface area contributed by atoms with Crippen LogP contribution in [-0.2, 0) is 24.1 Å². The first-order chi connectivity index (χ1) is 15.6. The van der Waals surface area contributed by atoms with Gasteiger partial charge in [-0.25, -0.2) is 0 Å². The highest BCUT2D eigenvalue weighted by Crippen LogP contribution is 2.30. The quantitative estimate of drug-likeness (QED) is 0.602. The maximum Gasteiger partial charge on any atom is 0.228 e. The zero-order valence-corrected chi connectivity index (χ0v) is 18.8. The van der Waals surface area contributed by atoms with Gasteiger partial charge in [0.1, 0.15) is 0 Å². The lowest BCUT2D eigenvalue weighted by molar-refractivity contribution is -0.131. The molecule has 32 heavy (non-hydrogen) atoms. The lowest BCUT2D eigenvalue weighted by atomic mass is 9.95. The Labute approximate surface area is 190 Å². The number of benzene rings is 1. The Balaban J connectivity index is 1.17. The van der Waals surface area contributed by atoms with E-state index in [0.717, 1.165) is 51.6 Å². The summed E-state index contributed by atoms with van der Waals surface area (Å²) in [5.41, 5.74) is 4.14. The van der Waals surface area contributed by atoms with Crippen LogP contribution in [0.15, 0.2) is 42.6 Å². The summed E-state index contributed by atoms with van der Waals surface area (Å²) in [4.78, 5) is 31.1. The Kier molecular flexibility index (Phi) is 7.69. The lowest BCUT2D eigenvalue weighted by Gasteiger charge is -2.26. The summed E-state index contributed by atoms with van der Waals surface area (Å²) in [5.74, 6) is 0.714. The summed E-state index contributed by atoms with van der Waals surface area (Å²) in [6.45, 7) is 1.68. The van der Waals surface area contributed by atoms with E-state index in [4.69, 9.17) is 0 Å². The highest BCUT2D eigenvalue weighted by molar-refractivity contribution is 5.95. The van der Waals surface area contributed by atoms with Gasteiger partial charge < -0.3 is 10.0 Å². The summed E-state index contributed by atoms with van der Waals surface area (Å²) < 4.78 is 0. The van der Waals surface area contributed by atoms with Gasteiger partial charge in [0.15, 0.2) is 5.78 Å². The van der Waals surface area contributed by atoms with E-state index >= 15 is 0 Å². The second kappa shape index (κ2) is 10.9. The van der Waals surface area contributed by atoms with Gasteiger partial charge in [0.2, 0.25) is 5.91 Å².